The van der Waals surface area contributed by atoms with E-state index in [0.717, 1.165) is 38.2 Å². The molecule has 5 rings (SSSR count). The standard InChI is InChI=1S/C18H25N7O/c26-18(24-12-3-7-14(24)13-5-1-2-6-13)15-8-4-11-23(15)17-10-9-16-19-21-22-25(16)20-17/h9-10,13-15H,1-8,11-12H2/t14?,15-/m0/s1. The predicted molar refractivity (Wildman–Crippen MR) is 95.6 cm³/mol. The monoisotopic (exact) mass is 355 g/mol. The number of rotatable bonds is 3. The third-order valence-corrected chi connectivity index (χ3v) is 6.41. The van der Waals surface area contributed by atoms with Crippen molar-refractivity contribution in [3.63, 3.8) is 0 Å². The molecule has 2 atom stereocenters. The lowest BCUT2D eigenvalue weighted by atomic mass is 9.95. The Morgan fingerprint density at radius 2 is 1.85 bits per heavy atom. The molecule has 2 aromatic heterocycles. The molecule has 3 aliphatic rings. The van der Waals surface area contributed by atoms with E-state index in [9.17, 15) is 4.79 Å². The molecule has 2 aromatic rings. The Morgan fingerprint density at radius 3 is 2.73 bits per heavy atom. The molecule has 0 radical (unpaired) electrons. The number of fused-ring (bicyclic) bond motifs is 1. The predicted octanol–water partition coefficient (Wildman–Crippen LogP) is 1.67. The molecule has 1 saturated carbocycles. The van der Waals surface area contributed by atoms with Crippen LogP contribution in [0.2, 0.25) is 0 Å². The number of anilines is 1. The molecule has 0 aromatic carbocycles. The summed E-state index contributed by atoms with van der Waals surface area (Å²) < 4.78 is 1.44. The number of carbonyl (C=O) groups excluding carboxylic acids is 1. The third-order valence-electron chi connectivity index (χ3n) is 6.41. The molecule has 3 fully saturated rings. The first-order valence-electron chi connectivity index (χ1n) is 9.94. The van der Waals surface area contributed by atoms with Crippen molar-refractivity contribution in [3.05, 3.63) is 12.1 Å². The molecule has 8 heteroatoms. The smallest absolute Gasteiger partial charge is 0.245 e. The van der Waals surface area contributed by atoms with E-state index in [0.29, 0.717) is 23.5 Å². The zero-order chi connectivity index (χ0) is 17.5. The Hall–Kier alpha value is -2.25. The van der Waals surface area contributed by atoms with Crippen molar-refractivity contribution in [3.8, 4) is 0 Å². The molecule has 0 spiro atoms. The fourth-order valence-electron chi connectivity index (χ4n) is 5.18. The van der Waals surface area contributed by atoms with Crippen molar-refractivity contribution < 1.29 is 4.79 Å². The minimum atomic E-state index is -0.0987. The van der Waals surface area contributed by atoms with E-state index in [-0.39, 0.29) is 6.04 Å². The van der Waals surface area contributed by atoms with Crippen molar-refractivity contribution in [1.82, 2.24) is 30.2 Å². The van der Waals surface area contributed by atoms with E-state index in [1.54, 1.807) is 0 Å². The largest absolute Gasteiger partial charge is 0.343 e. The van der Waals surface area contributed by atoms with E-state index >= 15 is 0 Å². The van der Waals surface area contributed by atoms with Gasteiger partial charge in [-0.05, 0) is 67.0 Å². The number of amides is 1. The normalized spacial score (nSPS) is 27.1. The van der Waals surface area contributed by atoms with Gasteiger partial charge in [-0.2, -0.15) is 0 Å². The van der Waals surface area contributed by atoms with Crippen molar-refractivity contribution in [2.24, 2.45) is 5.92 Å². The van der Waals surface area contributed by atoms with Crippen LogP contribution in [0.25, 0.3) is 5.65 Å². The third kappa shape index (κ3) is 2.62. The van der Waals surface area contributed by atoms with E-state index in [4.69, 9.17) is 0 Å². The molecule has 138 valence electrons. The van der Waals surface area contributed by atoms with E-state index in [1.165, 1.54) is 36.7 Å². The summed E-state index contributed by atoms with van der Waals surface area (Å²) in [6.07, 6.45) is 9.49. The van der Waals surface area contributed by atoms with Crippen molar-refractivity contribution >= 4 is 17.4 Å². The van der Waals surface area contributed by atoms with Gasteiger partial charge in [-0.15, -0.1) is 14.8 Å². The molecular formula is C18H25N7O. The van der Waals surface area contributed by atoms with Crippen LogP contribution < -0.4 is 4.90 Å². The van der Waals surface area contributed by atoms with E-state index < -0.39 is 0 Å². The quantitative estimate of drug-likeness (QED) is 0.833. The lowest BCUT2D eigenvalue weighted by molar-refractivity contribution is -0.134. The van der Waals surface area contributed by atoms with E-state index in [2.05, 4.69) is 30.4 Å². The highest BCUT2D eigenvalue weighted by atomic mass is 16.2. The van der Waals surface area contributed by atoms with Gasteiger partial charge in [-0.3, -0.25) is 4.79 Å². The first kappa shape index (κ1) is 16.0. The summed E-state index contributed by atoms with van der Waals surface area (Å²) >= 11 is 0. The average molecular weight is 355 g/mol. The van der Waals surface area contributed by atoms with Crippen molar-refractivity contribution in [2.75, 3.05) is 18.0 Å². The highest BCUT2D eigenvalue weighted by molar-refractivity contribution is 5.86. The van der Waals surface area contributed by atoms with Crippen LogP contribution >= 0.6 is 0 Å². The fraction of sp³-hybridized carbons (Fsp3) is 0.722. The summed E-state index contributed by atoms with van der Waals surface area (Å²) in [5.74, 6) is 1.81. The minimum absolute atomic E-state index is 0.0987. The van der Waals surface area contributed by atoms with Gasteiger partial charge in [-0.25, -0.2) is 0 Å². The molecule has 4 heterocycles. The molecule has 0 bridgehead atoms. The van der Waals surface area contributed by atoms with Gasteiger partial charge in [0.05, 0.1) is 0 Å². The van der Waals surface area contributed by atoms with Crippen LogP contribution in [0.3, 0.4) is 0 Å². The number of hydrogen-bond donors (Lipinski definition) is 0. The van der Waals surface area contributed by atoms with Crippen LogP contribution in [0, 0.1) is 5.92 Å². The molecule has 8 nitrogen and oxygen atoms in total. The minimum Gasteiger partial charge on any atom is -0.343 e. The molecule has 2 aliphatic heterocycles. The fourth-order valence-corrected chi connectivity index (χ4v) is 5.18. The summed E-state index contributed by atoms with van der Waals surface area (Å²) in [5, 5.41) is 15.9. The van der Waals surface area contributed by atoms with Crippen LogP contribution in [-0.4, -0.2) is 61.2 Å². The van der Waals surface area contributed by atoms with E-state index in [1.807, 2.05) is 12.1 Å². The average Bonchev–Trinajstić information content (AvgIpc) is 3.47. The van der Waals surface area contributed by atoms with Gasteiger partial charge in [0.15, 0.2) is 11.5 Å². The molecule has 1 amide bonds. The first-order chi connectivity index (χ1) is 12.8. The van der Waals surface area contributed by atoms with Crippen LogP contribution in [0.4, 0.5) is 5.82 Å². The second-order valence-electron chi connectivity index (χ2n) is 7.86. The Kier molecular flexibility index (Phi) is 3.98. The summed E-state index contributed by atoms with van der Waals surface area (Å²) in [5.41, 5.74) is 0.622. The lowest BCUT2D eigenvalue weighted by Gasteiger charge is -2.34. The lowest BCUT2D eigenvalue weighted by Crippen LogP contribution is -2.49. The Bertz CT molecular complexity index is 800. The summed E-state index contributed by atoms with van der Waals surface area (Å²) in [4.78, 5) is 17.8. The van der Waals surface area contributed by atoms with Gasteiger partial charge in [0, 0.05) is 19.1 Å². The maximum atomic E-state index is 13.4. The molecule has 1 aliphatic carbocycles. The second-order valence-corrected chi connectivity index (χ2v) is 7.86. The number of likely N-dealkylation sites (tertiary alicyclic amines) is 1. The summed E-state index contributed by atoms with van der Waals surface area (Å²) in [6, 6.07) is 4.15. The molecular weight excluding hydrogens is 330 g/mol. The van der Waals surface area contributed by atoms with Gasteiger partial charge < -0.3 is 9.80 Å². The van der Waals surface area contributed by atoms with Crippen LogP contribution in [0.5, 0.6) is 0 Å². The molecule has 2 saturated heterocycles. The second kappa shape index (κ2) is 6.48. The summed E-state index contributed by atoms with van der Waals surface area (Å²) in [6.45, 7) is 1.78. The molecule has 0 N–H and O–H groups in total. The van der Waals surface area contributed by atoms with Crippen LogP contribution in [0.1, 0.15) is 51.4 Å². The Labute approximate surface area is 152 Å². The van der Waals surface area contributed by atoms with Gasteiger partial charge in [0.2, 0.25) is 5.91 Å². The highest BCUT2D eigenvalue weighted by Gasteiger charge is 2.41. The number of nitrogens with zero attached hydrogens (tertiary/aromatic N) is 7. The number of tetrazole rings is 1. The van der Waals surface area contributed by atoms with Crippen LogP contribution in [0.15, 0.2) is 12.1 Å². The topological polar surface area (TPSA) is 79.5 Å². The molecule has 1 unspecified atom stereocenters. The number of aromatic nitrogens is 5. The zero-order valence-corrected chi connectivity index (χ0v) is 15.0. The highest BCUT2D eigenvalue weighted by Crippen LogP contribution is 2.37. The maximum Gasteiger partial charge on any atom is 0.245 e. The summed E-state index contributed by atoms with van der Waals surface area (Å²) in [7, 11) is 0. The van der Waals surface area contributed by atoms with Crippen molar-refractivity contribution in [2.45, 2.75) is 63.5 Å². The maximum absolute atomic E-state index is 13.4. The van der Waals surface area contributed by atoms with Gasteiger partial charge in [-0.1, -0.05) is 12.8 Å². The Balaban J connectivity index is 1.38. The molecule has 26 heavy (non-hydrogen) atoms. The van der Waals surface area contributed by atoms with Crippen LogP contribution in [-0.2, 0) is 4.79 Å². The zero-order valence-electron chi connectivity index (χ0n) is 15.0. The number of carbonyl (C=O) groups is 1. The van der Waals surface area contributed by atoms with Crippen molar-refractivity contribution in [1.29, 1.82) is 0 Å². The SMILES string of the molecule is O=C([C@@H]1CCCN1c1ccc2nnnn2n1)N1CCCC1C1CCCC1. The van der Waals surface area contributed by atoms with Gasteiger partial charge in [0.25, 0.3) is 0 Å². The van der Waals surface area contributed by atoms with Gasteiger partial charge in [0.1, 0.15) is 6.04 Å². The Morgan fingerprint density at radius 1 is 1.00 bits per heavy atom. The number of hydrogen-bond acceptors (Lipinski definition) is 6. The van der Waals surface area contributed by atoms with Gasteiger partial charge >= 0.3 is 0 Å². The first-order valence-corrected chi connectivity index (χ1v) is 9.94.